The highest BCUT2D eigenvalue weighted by Gasteiger charge is 2.39. The Morgan fingerprint density at radius 1 is 1.27 bits per heavy atom. The molecule has 140 valence electrons. The smallest absolute Gasteiger partial charge is 0.223 e. The van der Waals surface area contributed by atoms with E-state index < -0.39 is 0 Å². The summed E-state index contributed by atoms with van der Waals surface area (Å²) in [6, 6.07) is 6.77. The molecule has 2 aliphatic rings. The van der Waals surface area contributed by atoms with E-state index >= 15 is 0 Å². The van der Waals surface area contributed by atoms with Crippen LogP contribution in [0.2, 0.25) is 5.02 Å². The van der Waals surface area contributed by atoms with Crippen LogP contribution in [0.25, 0.3) is 10.9 Å². The van der Waals surface area contributed by atoms with Crippen molar-refractivity contribution in [3.05, 3.63) is 35.0 Å². The van der Waals surface area contributed by atoms with Crippen molar-refractivity contribution >= 4 is 28.4 Å². The maximum Gasteiger partial charge on any atom is 0.223 e. The average Bonchev–Trinajstić information content (AvgIpc) is 3.07. The first-order valence-electron chi connectivity index (χ1n) is 10.1. The molecule has 1 aliphatic heterocycles. The number of rotatable bonds is 3. The first-order chi connectivity index (χ1) is 12.6. The molecule has 1 aromatic heterocycles. The lowest BCUT2D eigenvalue weighted by Crippen LogP contribution is -2.54. The molecule has 3 nitrogen and oxygen atoms in total. The van der Waals surface area contributed by atoms with Crippen LogP contribution in [0.1, 0.15) is 70.3 Å². The third kappa shape index (κ3) is 3.15. The van der Waals surface area contributed by atoms with Crippen molar-refractivity contribution in [1.29, 1.82) is 0 Å². The Bertz CT molecular complexity index is 799. The Balaban J connectivity index is 1.54. The normalized spacial score (nSPS) is 27.3. The van der Waals surface area contributed by atoms with Gasteiger partial charge < -0.3 is 9.88 Å². The van der Waals surface area contributed by atoms with Crippen molar-refractivity contribution in [1.82, 2.24) is 9.88 Å². The molecule has 4 heteroatoms. The number of piperidine rings is 1. The molecule has 1 amide bonds. The van der Waals surface area contributed by atoms with E-state index in [4.69, 9.17) is 11.6 Å². The topological polar surface area (TPSA) is 36.1 Å². The lowest BCUT2D eigenvalue weighted by Gasteiger charge is -2.48. The fourth-order valence-electron chi connectivity index (χ4n) is 5.27. The van der Waals surface area contributed by atoms with Crippen LogP contribution in [0, 0.1) is 5.92 Å². The van der Waals surface area contributed by atoms with Crippen LogP contribution in [-0.4, -0.2) is 27.9 Å². The van der Waals surface area contributed by atoms with Crippen LogP contribution in [0.5, 0.6) is 0 Å². The van der Waals surface area contributed by atoms with Gasteiger partial charge >= 0.3 is 0 Å². The van der Waals surface area contributed by atoms with Gasteiger partial charge in [0.1, 0.15) is 0 Å². The van der Waals surface area contributed by atoms with Crippen molar-refractivity contribution in [3.8, 4) is 0 Å². The van der Waals surface area contributed by atoms with Gasteiger partial charge in [-0.3, -0.25) is 4.79 Å². The summed E-state index contributed by atoms with van der Waals surface area (Å²) in [5, 5.41) is 1.83. The number of halogens is 1. The number of nitrogens with one attached hydrogen (secondary N) is 1. The van der Waals surface area contributed by atoms with E-state index in [-0.39, 0.29) is 5.92 Å². The number of hydrogen-bond donors (Lipinski definition) is 1. The third-order valence-electron chi connectivity index (χ3n) is 6.64. The number of carbonyl (C=O) groups is 1. The van der Waals surface area contributed by atoms with E-state index in [0.29, 0.717) is 24.4 Å². The number of amides is 1. The zero-order valence-electron chi connectivity index (χ0n) is 15.8. The van der Waals surface area contributed by atoms with E-state index in [1.165, 1.54) is 32.1 Å². The van der Waals surface area contributed by atoms with Crippen molar-refractivity contribution in [2.45, 2.75) is 76.8 Å². The zero-order chi connectivity index (χ0) is 18.3. The second-order valence-electron chi connectivity index (χ2n) is 8.35. The monoisotopic (exact) mass is 372 g/mol. The molecular weight excluding hydrogens is 344 g/mol. The second kappa shape index (κ2) is 7.26. The quantitative estimate of drug-likeness (QED) is 0.716. The molecule has 26 heavy (non-hydrogen) atoms. The van der Waals surface area contributed by atoms with Crippen LogP contribution < -0.4 is 0 Å². The predicted molar refractivity (Wildman–Crippen MR) is 108 cm³/mol. The van der Waals surface area contributed by atoms with Crippen LogP contribution in [-0.2, 0) is 4.79 Å². The number of hydrogen-bond acceptors (Lipinski definition) is 1. The van der Waals surface area contributed by atoms with Gasteiger partial charge in [0.05, 0.1) is 5.02 Å². The third-order valence-corrected chi connectivity index (χ3v) is 6.96. The molecule has 0 bridgehead atoms. The SMILES string of the molecule is CC(CC(=O)N1C(C)CCC2CCCCC21)c1c[nH]c2cccc(Cl)c12. The number of nitrogens with zero attached hydrogens (tertiary/aromatic N) is 1. The summed E-state index contributed by atoms with van der Waals surface area (Å²) >= 11 is 6.43. The number of fused-ring (bicyclic) bond motifs is 2. The first kappa shape index (κ1) is 17.9. The summed E-state index contributed by atoms with van der Waals surface area (Å²) in [6.07, 6.45) is 10.1. The fraction of sp³-hybridized carbons (Fsp3) is 0.591. The van der Waals surface area contributed by atoms with Gasteiger partial charge in [-0.05, 0) is 62.1 Å². The molecule has 2 heterocycles. The maximum atomic E-state index is 13.3. The van der Waals surface area contributed by atoms with E-state index in [1.807, 2.05) is 24.4 Å². The molecule has 1 saturated heterocycles. The highest BCUT2D eigenvalue weighted by Crippen LogP contribution is 2.39. The van der Waals surface area contributed by atoms with E-state index in [2.05, 4.69) is 23.7 Å². The standard InChI is InChI=1S/C22H29ClN2O/c1-14(17-13-24-19-8-5-7-18(23)22(17)19)12-21(26)25-15(2)10-11-16-6-3-4-9-20(16)25/h5,7-8,13-16,20,24H,3-4,6,9-12H2,1-2H3. The van der Waals surface area contributed by atoms with Crippen molar-refractivity contribution in [2.24, 2.45) is 5.92 Å². The molecule has 4 rings (SSSR count). The Labute approximate surface area is 161 Å². The van der Waals surface area contributed by atoms with E-state index in [0.717, 1.165) is 33.8 Å². The molecule has 2 fully saturated rings. The van der Waals surface area contributed by atoms with Crippen molar-refractivity contribution in [2.75, 3.05) is 0 Å². The Kier molecular flexibility index (Phi) is 5.00. The number of likely N-dealkylation sites (tertiary alicyclic amines) is 1. The fourth-order valence-corrected chi connectivity index (χ4v) is 5.56. The summed E-state index contributed by atoms with van der Waals surface area (Å²) in [6.45, 7) is 4.38. The first-order valence-corrected chi connectivity index (χ1v) is 10.5. The number of aromatic nitrogens is 1. The van der Waals surface area contributed by atoms with E-state index in [1.54, 1.807) is 0 Å². The van der Waals surface area contributed by atoms with Crippen molar-refractivity contribution < 1.29 is 4.79 Å². The Morgan fingerprint density at radius 3 is 2.92 bits per heavy atom. The molecular formula is C22H29ClN2O. The summed E-state index contributed by atoms with van der Waals surface area (Å²) in [7, 11) is 0. The summed E-state index contributed by atoms with van der Waals surface area (Å²) in [5.41, 5.74) is 2.20. The minimum atomic E-state index is 0.160. The van der Waals surface area contributed by atoms with Gasteiger partial charge in [-0.1, -0.05) is 37.4 Å². The van der Waals surface area contributed by atoms with Crippen LogP contribution in [0.4, 0.5) is 0 Å². The molecule has 1 aromatic carbocycles. The van der Waals surface area contributed by atoms with Crippen LogP contribution in [0.3, 0.4) is 0 Å². The molecule has 2 aromatic rings. The molecule has 1 saturated carbocycles. The minimum absolute atomic E-state index is 0.160. The zero-order valence-corrected chi connectivity index (χ0v) is 16.6. The van der Waals surface area contributed by atoms with Gasteiger partial charge in [0, 0.05) is 35.6 Å². The molecule has 0 spiro atoms. The van der Waals surface area contributed by atoms with Gasteiger partial charge in [0.15, 0.2) is 0 Å². The summed E-state index contributed by atoms with van der Waals surface area (Å²) in [5.74, 6) is 1.21. The Morgan fingerprint density at radius 2 is 2.08 bits per heavy atom. The van der Waals surface area contributed by atoms with Gasteiger partial charge in [0.25, 0.3) is 0 Å². The molecule has 1 aliphatic carbocycles. The Hall–Kier alpha value is -1.48. The number of benzene rings is 1. The molecule has 1 N–H and O–H groups in total. The van der Waals surface area contributed by atoms with Crippen LogP contribution >= 0.6 is 11.6 Å². The van der Waals surface area contributed by atoms with Gasteiger partial charge in [0.2, 0.25) is 5.91 Å². The minimum Gasteiger partial charge on any atom is -0.361 e. The van der Waals surface area contributed by atoms with E-state index in [9.17, 15) is 4.79 Å². The lowest BCUT2D eigenvalue weighted by atomic mass is 9.76. The highest BCUT2D eigenvalue weighted by atomic mass is 35.5. The predicted octanol–water partition coefficient (Wildman–Crippen LogP) is 5.88. The maximum absolute atomic E-state index is 13.3. The largest absolute Gasteiger partial charge is 0.361 e. The molecule has 4 atom stereocenters. The lowest BCUT2D eigenvalue weighted by molar-refractivity contribution is -0.141. The summed E-state index contributed by atoms with van der Waals surface area (Å²) < 4.78 is 0. The van der Waals surface area contributed by atoms with Crippen LogP contribution in [0.15, 0.2) is 24.4 Å². The number of H-pyrrole nitrogens is 1. The highest BCUT2D eigenvalue weighted by molar-refractivity contribution is 6.35. The molecule has 4 unspecified atom stereocenters. The number of aromatic amines is 1. The van der Waals surface area contributed by atoms with Gasteiger partial charge in [-0.2, -0.15) is 0 Å². The number of carbonyl (C=O) groups excluding carboxylic acids is 1. The van der Waals surface area contributed by atoms with Gasteiger partial charge in [-0.15, -0.1) is 0 Å². The van der Waals surface area contributed by atoms with Crippen molar-refractivity contribution in [3.63, 3.8) is 0 Å². The second-order valence-corrected chi connectivity index (χ2v) is 8.76. The van der Waals surface area contributed by atoms with Gasteiger partial charge in [-0.25, -0.2) is 0 Å². The molecule has 0 radical (unpaired) electrons. The summed E-state index contributed by atoms with van der Waals surface area (Å²) in [4.78, 5) is 18.8. The average molecular weight is 373 g/mol.